The lowest BCUT2D eigenvalue weighted by molar-refractivity contribution is -0.265. The molecule has 4 N–H and O–H groups in total. The van der Waals surface area contributed by atoms with Gasteiger partial charge < -0.3 is 25.6 Å². The summed E-state index contributed by atoms with van der Waals surface area (Å²) < 4.78 is 71.1. The van der Waals surface area contributed by atoms with Crippen molar-refractivity contribution in [2.45, 2.75) is 48.8 Å². The molecule has 0 spiro atoms. The molecule has 7 rings (SSSR count). The molecule has 4 heterocycles. The number of ether oxygens (including phenoxy) is 2. The number of carbonyl (C=O) groups is 2. The van der Waals surface area contributed by atoms with E-state index in [0.29, 0.717) is 24.3 Å². The van der Waals surface area contributed by atoms with E-state index in [4.69, 9.17) is 15.2 Å². The SMILES string of the molecule is COc1cc(C(=O)NCC(O)(c2cc3c(c(-c4ccc(F)cc4)n2)OC[C@]3(C(N)=O)C2CC2)C(F)(F)F)cc2cc(C3CC3)nn12. The van der Waals surface area contributed by atoms with Crippen LogP contribution in [0.1, 0.15) is 58.9 Å². The summed E-state index contributed by atoms with van der Waals surface area (Å²) in [7, 11) is 1.38. The van der Waals surface area contributed by atoms with Gasteiger partial charge in [0.1, 0.15) is 29.3 Å². The third-order valence-corrected chi connectivity index (χ3v) is 9.14. The van der Waals surface area contributed by atoms with Gasteiger partial charge >= 0.3 is 6.18 Å². The second-order valence-corrected chi connectivity index (χ2v) is 12.1. The maximum atomic E-state index is 14.9. The summed E-state index contributed by atoms with van der Waals surface area (Å²) in [4.78, 5) is 30.4. The predicted molar refractivity (Wildman–Crippen MR) is 155 cm³/mol. The van der Waals surface area contributed by atoms with Crippen LogP contribution in [0.5, 0.6) is 11.6 Å². The van der Waals surface area contributed by atoms with Crippen LogP contribution in [0.3, 0.4) is 0 Å². The first-order valence-electron chi connectivity index (χ1n) is 14.8. The van der Waals surface area contributed by atoms with Crippen LogP contribution in [-0.4, -0.2) is 58.0 Å². The number of carbonyl (C=O) groups excluding carboxylic acids is 2. The highest BCUT2D eigenvalue weighted by molar-refractivity contribution is 5.96. The van der Waals surface area contributed by atoms with Gasteiger partial charge in [-0.1, -0.05) is 0 Å². The number of nitrogens with one attached hydrogen (secondary N) is 1. The maximum absolute atomic E-state index is 14.9. The van der Waals surface area contributed by atoms with E-state index in [0.717, 1.165) is 36.7 Å². The van der Waals surface area contributed by atoms with E-state index < -0.39 is 47.1 Å². The molecule has 3 aliphatic rings. The number of alkyl halides is 3. The molecule has 1 aromatic carbocycles. The zero-order valence-corrected chi connectivity index (χ0v) is 24.5. The van der Waals surface area contributed by atoms with Crippen LogP contribution in [-0.2, 0) is 15.8 Å². The van der Waals surface area contributed by atoms with Gasteiger partial charge in [0, 0.05) is 28.7 Å². The van der Waals surface area contributed by atoms with Crippen LogP contribution in [0.15, 0.2) is 48.5 Å². The Morgan fingerprint density at radius 3 is 2.46 bits per heavy atom. The van der Waals surface area contributed by atoms with Crippen molar-refractivity contribution >= 4 is 17.3 Å². The number of benzene rings is 1. The lowest BCUT2D eigenvalue weighted by Crippen LogP contribution is -2.52. The van der Waals surface area contributed by atoms with E-state index in [9.17, 15) is 32.3 Å². The van der Waals surface area contributed by atoms with Crippen LogP contribution in [0, 0.1) is 11.7 Å². The number of aliphatic hydroxyl groups is 1. The lowest BCUT2D eigenvalue weighted by atomic mass is 9.76. The molecule has 2 fully saturated rings. The number of primary amides is 1. The van der Waals surface area contributed by atoms with Crippen molar-refractivity contribution in [3.63, 3.8) is 0 Å². The number of hydrogen-bond acceptors (Lipinski definition) is 7. The number of amides is 2. The molecular weight excluding hydrogens is 610 g/mol. The fraction of sp³-hybridized carbons (Fsp3) is 0.375. The van der Waals surface area contributed by atoms with Gasteiger partial charge in [-0.2, -0.15) is 18.3 Å². The summed E-state index contributed by atoms with van der Waals surface area (Å²) in [6, 6.07) is 10.4. The smallest absolute Gasteiger partial charge is 0.424 e. The van der Waals surface area contributed by atoms with Crippen LogP contribution in [0.2, 0.25) is 0 Å². The molecular formula is C32H29F4N5O5. The average molecular weight is 640 g/mol. The topological polar surface area (TPSA) is 141 Å². The zero-order valence-electron chi connectivity index (χ0n) is 24.5. The van der Waals surface area contributed by atoms with E-state index in [-0.39, 0.29) is 46.5 Å². The van der Waals surface area contributed by atoms with E-state index in [1.54, 1.807) is 6.07 Å². The normalized spacial score (nSPS) is 20.6. The fourth-order valence-corrected chi connectivity index (χ4v) is 6.20. The number of pyridine rings is 2. The third kappa shape index (κ3) is 4.73. The molecule has 3 aromatic heterocycles. The summed E-state index contributed by atoms with van der Waals surface area (Å²) in [5.41, 5.74) is 1.24. The molecule has 4 aromatic rings. The minimum absolute atomic E-state index is 0.0140. The van der Waals surface area contributed by atoms with Crippen molar-refractivity contribution in [1.82, 2.24) is 19.9 Å². The number of halogens is 4. The lowest BCUT2D eigenvalue weighted by Gasteiger charge is -2.32. The minimum Gasteiger partial charge on any atom is -0.489 e. The highest BCUT2D eigenvalue weighted by atomic mass is 19.4. The molecule has 2 aliphatic carbocycles. The number of aromatic nitrogens is 3. The van der Waals surface area contributed by atoms with Gasteiger partial charge in [-0.25, -0.2) is 13.9 Å². The number of methoxy groups -OCH3 is 1. The third-order valence-electron chi connectivity index (χ3n) is 9.14. The van der Waals surface area contributed by atoms with Crippen LogP contribution >= 0.6 is 0 Å². The van der Waals surface area contributed by atoms with Crippen LogP contribution < -0.4 is 20.5 Å². The van der Waals surface area contributed by atoms with Crippen LogP contribution in [0.25, 0.3) is 16.8 Å². The Hall–Kier alpha value is -4.72. The molecule has 14 heteroatoms. The molecule has 1 aliphatic heterocycles. The second-order valence-electron chi connectivity index (χ2n) is 12.1. The van der Waals surface area contributed by atoms with E-state index in [1.165, 1.54) is 35.9 Å². The number of nitrogens with two attached hydrogens (primary N) is 1. The van der Waals surface area contributed by atoms with Crippen molar-refractivity contribution in [2.24, 2.45) is 11.7 Å². The summed E-state index contributed by atoms with van der Waals surface area (Å²) in [6.07, 6.45) is -2.17. The minimum atomic E-state index is -5.34. The average Bonchev–Trinajstić information content (AvgIpc) is 3.97. The molecule has 2 saturated carbocycles. The van der Waals surface area contributed by atoms with E-state index in [1.807, 2.05) is 0 Å². The fourth-order valence-electron chi connectivity index (χ4n) is 6.20. The summed E-state index contributed by atoms with van der Waals surface area (Å²) in [5.74, 6) is -2.03. The van der Waals surface area contributed by atoms with Gasteiger partial charge in [0.15, 0.2) is 0 Å². The largest absolute Gasteiger partial charge is 0.489 e. The Bertz CT molecular complexity index is 1890. The van der Waals surface area contributed by atoms with Crippen molar-refractivity contribution in [1.29, 1.82) is 0 Å². The number of nitrogens with zero attached hydrogens (tertiary/aromatic N) is 3. The zero-order chi connectivity index (χ0) is 32.6. The van der Waals surface area contributed by atoms with Gasteiger partial charge in [-0.15, -0.1) is 0 Å². The first kappa shape index (κ1) is 30.0. The monoisotopic (exact) mass is 639 g/mol. The summed E-state index contributed by atoms with van der Waals surface area (Å²) in [6.45, 7) is -1.54. The van der Waals surface area contributed by atoms with Gasteiger partial charge in [0.2, 0.25) is 17.4 Å². The summed E-state index contributed by atoms with van der Waals surface area (Å²) >= 11 is 0. The molecule has 0 saturated heterocycles. The Kier molecular flexibility index (Phi) is 6.78. The molecule has 0 bridgehead atoms. The van der Waals surface area contributed by atoms with Gasteiger partial charge in [0.25, 0.3) is 5.91 Å². The Morgan fingerprint density at radius 2 is 1.85 bits per heavy atom. The molecule has 240 valence electrons. The number of rotatable bonds is 9. The van der Waals surface area contributed by atoms with Gasteiger partial charge in [0.05, 0.1) is 30.6 Å². The molecule has 46 heavy (non-hydrogen) atoms. The molecule has 2 atom stereocenters. The van der Waals surface area contributed by atoms with Crippen molar-refractivity contribution < 1.29 is 41.7 Å². The first-order chi connectivity index (χ1) is 21.9. The number of hydrogen-bond donors (Lipinski definition) is 3. The number of fused-ring (bicyclic) bond motifs is 2. The molecule has 1 unspecified atom stereocenters. The Morgan fingerprint density at radius 1 is 1.13 bits per heavy atom. The summed E-state index contributed by atoms with van der Waals surface area (Å²) in [5, 5.41) is 18.1. The molecule has 2 amide bonds. The van der Waals surface area contributed by atoms with E-state index >= 15 is 0 Å². The van der Waals surface area contributed by atoms with E-state index in [2.05, 4.69) is 15.4 Å². The van der Waals surface area contributed by atoms with Crippen molar-refractivity contribution in [2.75, 3.05) is 20.3 Å². The van der Waals surface area contributed by atoms with Crippen LogP contribution in [0.4, 0.5) is 17.6 Å². The Balaban J connectivity index is 1.29. The highest BCUT2D eigenvalue weighted by Gasteiger charge is 2.60. The van der Waals surface area contributed by atoms with Crippen molar-refractivity contribution in [3.05, 3.63) is 76.9 Å². The quantitative estimate of drug-likeness (QED) is 0.234. The highest BCUT2D eigenvalue weighted by Crippen LogP contribution is 2.56. The van der Waals surface area contributed by atoms with Crippen molar-refractivity contribution in [3.8, 4) is 22.9 Å². The van der Waals surface area contributed by atoms with Gasteiger partial charge in [-0.3, -0.25) is 9.59 Å². The van der Waals surface area contributed by atoms with Gasteiger partial charge in [-0.05, 0) is 74.1 Å². The maximum Gasteiger partial charge on any atom is 0.424 e. The first-order valence-corrected chi connectivity index (χ1v) is 14.8. The Labute approximate surface area is 259 Å². The second kappa shape index (κ2) is 10.4. The molecule has 10 nitrogen and oxygen atoms in total. The predicted octanol–water partition coefficient (Wildman–Crippen LogP) is 4.13. The molecule has 0 radical (unpaired) electrons. The standard InChI is InChI=1S/C32H29F4N5O5/c1-45-25-11-18(10-21-12-23(16-2-3-16)40-41(21)25)28(42)38-14-31(44,32(34,35)36)24-13-22-27(26(39-24)17-4-8-20(33)9-5-17)46-15-30(22,29(37)43)19-6-7-19/h4-5,8-13,16,19,44H,2-3,6-7,14-15H2,1H3,(H2,37,43)(H,38,42)/t30-,31?/m0/s1.